The zero-order valence-corrected chi connectivity index (χ0v) is 18.0. The molecule has 2 aromatic rings. The van der Waals surface area contributed by atoms with Gasteiger partial charge in [0.1, 0.15) is 0 Å². The summed E-state index contributed by atoms with van der Waals surface area (Å²) in [5, 5.41) is 0. The number of anilines is 1. The number of nitrogen functional groups attached to an aromatic ring is 1. The summed E-state index contributed by atoms with van der Waals surface area (Å²) >= 11 is 0. The Kier molecular flexibility index (Phi) is 4.75. The standard InChI is InChI=1S/C24H32N4O2/c1-23(2)15-17(10-13-30-23)28-21(29)19-20(26-22(28)27-25)18-9-5-4-8-16(18)14-24(19)11-6-3-7-12-24/h4-5,8-9,17H,3,6-7,10-15,25H2,1-2H3,(H,26,27). The summed E-state index contributed by atoms with van der Waals surface area (Å²) in [6, 6.07) is 8.44. The highest BCUT2D eigenvalue weighted by Crippen LogP contribution is 2.49. The summed E-state index contributed by atoms with van der Waals surface area (Å²) in [6.45, 7) is 4.81. The molecule has 1 saturated heterocycles. The zero-order chi connectivity index (χ0) is 20.9. The van der Waals surface area contributed by atoms with Crippen LogP contribution in [-0.4, -0.2) is 21.8 Å². The molecule has 1 aromatic heterocycles. The van der Waals surface area contributed by atoms with Crippen LogP contribution in [0.5, 0.6) is 0 Å². The molecule has 6 nitrogen and oxygen atoms in total. The largest absolute Gasteiger partial charge is 0.375 e. The van der Waals surface area contributed by atoms with E-state index in [0.717, 1.165) is 48.9 Å². The van der Waals surface area contributed by atoms with Crippen LogP contribution in [0, 0.1) is 0 Å². The minimum absolute atomic E-state index is 0.0305. The van der Waals surface area contributed by atoms with Crippen LogP contribution in [0.1, 0.15) is 76.0 Å². The quantitative estimate of drug-likeness (QED) is 0.578. The molecule has 1 saturated carbocycles. The normalized spacial score (nSPS) is 24.2. The Balaban J connectivity index is 1.75. The van der Waals surface area contributed by atoms with Gasteiger partial charge in [0.05, 0.1) is 16.9 Å². The predicted octanol–water partition coefficient (Wildman–Crippen LogP) is 4.08. The molecule has 0 bridgehead atoms. The van der Waals surface area contributed by atoms with Crippen molar-refractivity contribution in [1.29, 1.82) is 0 Å². The van der Waals surface area contributed by atoms with Gasteiger partial charge in [0, 0.05) is 23.6 Å². The average Bonchev–Trinajstić information content (AvgIpc) is 2.73. The fourth-order valence-corrected chi connectivity index (χ4v) is 6.08. The number of nitrogens with one attached hydrogen (secondary N) is 1. The van der Waals surface area contributed by atoms with Crippen LogP contribution in [0.25, 0.3) is 11.3 Å². The zero-order valence-electron chi connectivity index (χ0n) is 18.0. The molecule has 2 aliphatic carbocycles. The van der Waals surface area contributed by atoms with Crippen molar-refractivity contribution in [2.45, 2.75) is 82.3 Å². The first-order valence-corrected chi connectivity index (χ1v) is 11.3. The van der Waals surface area contributed by atoms with Gasteiger partial charge in [-0.25, -0.2) is 10.8 Å². The van der Waals surface area contributed by atoms with E-state index in [-0.39, 0.29) is 22.6 Å². The third-order valence-corrected chi connectivity index (χ3v) is 7.42. The number of benzene rings is 1. The Morgan fingerprint density at radius 1 is 1.20 bits per heavy atom. The van der Waals surface area contributed by atoms with Crippen LogP contribution in [0.15, 0.2) is 29.1 Å². The fraction of sp³-hybridized carbons (Fsp3) is 0.583. The van der Waals surface area contributed by atoms with Gasteiger partial charge < -0.3 is 4.74 Å². The number of nitrogens with zero attached hydrogens (tertiary/aromatic N) is 2. The first-order valence-electron chi connectivity index (χ1n) is 11.3. The second kappa shape index (κ2) is 7.20. The summed E-state index contributed by atoms with van der Waals surface area (Å²) in [4.78, 5) is 19.2. The van der Waals surface area contributed by atoms with E-state index in [1.807, 2.05) is 10.6 Å². The van der Waals surface area contributed by atoms with Gasteiger partial charge in [0.25, 0.3) is 5.56 Å². The first kappa shape index (κ1) is 19.8. The second-order valence-electron chi connectivity index (χ2n) is 9.91. The Morgan fingerprint density at radius 3 is 2.70 bits per heavy atom. The molecule has 30 heavy (non-hydrogen) atoms. The van der Waals surface area contributed by atoms with Crippen LogP contribution in [-0.2, 0) is 16.6 Å². The monoisotopic (exact) mass is 408 g/mol. The highest BCUT2D eigenvalue weighted by molar-refractivity contribution is 5.72. The van der Waals surface area contributed by atoms with Gasteiger partial charge in [-0.05, 0) is 51.5 Å². The number of hydrogen-bond donors (Lipinski definition) is 2. The predicted molar refractivity (Wildman–Crippen MR) is 119 cm³/mol. The number of ether oxygens (including phenoxy) is 1. The van der Waals surface area contributed by atoms with Crippen LogP contribution >= 0.6 is 0 Å². The van der Waals surface area contributed by atoms with Crippen molar-refractivity contribution in [3.8, 4) is 11.3 Å². The van der Waals surface area contributed by atoms with Crippen LogP contribution in [0.3, 0.4) is 0 Å². The molecule has 2 heterocycles. The molecule has 1 unspecified atom stereocenters. The molecular weight excluding hydrogens is 376 g/mol. The number of rotatable bonds is 2. The average molecular weight is 409 g/mol. The Bertz CT molecular complexity index is 1020. The molecule has 160 valence electrons. The third kappa shape index (κ3) is 3.08. The van der Waals surface area contributed by atoms with E-state index in [4.69, 9.17) is 15.6 Å². The van der Waals surface area contributed by atoms with Crippen molar-refractivity contribution < 1.29 is 4.74 Å². The smallest absolute Gasteiger partial charge is 0.259 e. The van der Waals surface area contributed by atoms with Crippen molar-refractivity contribution in [1.82, 2.24) is 9.55 Å². The Labute approximate surface area is 177 Å². The van der Waals surface area contributed by atoms with E-state index in [9.17, 15) is 4.79 Å². The van der Waals surface area contributed by atoms with Crippen LogP contribution in [0.4, 0.5) is 5.95 Å². The minimum Gasteiger partial charge on any atom is -0.375 e. The highest BCUT2D eigenvalue weighted by atomic mass is 16.5. The van der Waals surface area contributed by atoms with Gasteiger partial charge in [-0.15, -0.1) is 0 Å². The molecule has 5 rings (SSSR count). The maximum atomic E-state index is 14.2. The summed E-state index contributed by atoms with van der Waals surface area (Å²) in [5.41, 5.74) is 6.59. The number of fused-ring (bicyclic) bond motifs is 4. The topological polar surface area (TPSA) is 82.2 Å². The molecule has 2 fully saturated rings. The van der Waals surface area contributed by atoms with Crippen molar-refractivity contribution in [3.05, 3.63) is 45.7 Å². The first-order chi connectivity index (χ1) is 14.4. The lowest BCUT2D eigenvalue weighted by Crippen LogP contribution is -2.46. The number of hydrazine groups is 1. The highest BCUT2D eigenvalue weighted by Gasteiger charge is 2.44. The Morgan fingerprint density at radius 2 is 1.97 bits per heavy atom. The van der Waals surface area contributed by atoms with Crippen molar-refractivity contribution in [2.24, 2.45) is 5.84 Å². The number of nitrogens with two attached hydrogens (primary N) is 1. The maximum Gasteiger partial charge on any atom is 0.259 e. The second-order valence-corrected chi connectivity index (χ2v) is 9.91. The lowest BCUT2D eigenvalue weighted by atomic mass is 9.62. The SMILES string of the molecule is CC1(C)CC(n2c(NN)nc3c(c2=O)C2(CCCCC2)Cc2ccccc2-3)CCO1. The van der Waals surface area contributed by atoms with Crippen molar-refractivity contribution in [2.75, 3.05) is 12.0 Å². The molecule has 0 amide bonds. The fourth-order valence-electron chi connectivity index (χ4n) is 6.08. The van der Waals surface area contributed by atoms with E-state index < -0.39 is 0 Å². The van der Waals surface area contributed by atoms with Gasteiger partial charge in [-0.1, -0.05) is 43.5 Å². The summed E-state index contributed by atoms with van der Waals surface area (Å²) < 4.78 is 7.75. The molecule has 1 aromatic carbocycles. The van der Waals surface area contributed by atoms with E-state index in [0.29, 0.717) is 12.6 Å². The summed E-state index contributed by atoms with van der Waals surface area (Å²) in [5.74, 6) is 6.38. The van der Waals surface area contributed by atoms with Gasteiger partial charge >= 0.3 is 0 Å². The van der Waals surface area contributed by atoms with Crippen LogP contribution in [0.2, 0.25) is 0 Å². The molecule has 3 N–H and O–H groups in total. The third-order valence-electron chi connectivity index (χ3n) is 7.42. The molecule has 3 aliphatic rings. The van der Waals surface area contributed by atoms with E-state index in [1.54, 1.807) is 0 Å². The lowest BCUT2D eigenvalue weighted by molar-refractivity contribution is -0.0694. The number of hydrogen-bond acceptors (Lipinski definition) is 5. The van der Waals surface area contributed by atoms with Gasteiger partial charge in [-0.2, -0.15) is 0 Å². The van der Waals surface area contributed by atoms with Crippen molar-refractivity contribution in [3.63, 3.8) is 0 Å². The Hall–Kier alpha value is -2.18. The molecule has 1 atom stereocenters. The summed E-state index contributed by atoms with van der Waals surface area (Å²) in [6.07, 6.45) is 8.19. The van der Waals surface area contributed by atoms with E-state index >= 15 is 0 Å². The maximum absolute atomic E-state index is 14.2. The van der Waals surface area contributed by atoms with E-state index in [1.165, 1.54) is 24.8 Å². The minimum atomic E-state index is -0.265. The molecule has 1 aliphatic heterocycles. The van der Waals surface area contributed by atoms with Crippen LogP contribution < -0.4 is 16.8 Å². The molecule has 6 heteroatoms. The number of aromatic nitrogens is 2. The lowest BCUT2D eigenvalue weighted by Gasteiger charge is -2.43. The molecule has 1 spiro atoms. The van der Waals surface area contributed by atoms with Gasteiger partial charge in [-0.3, -0.25) is 14.8 Å². The molecular formula is C24H32N4O2. The van der Waals surface area contributed by atoms with Crippen molar-refractivity contribution >= 4 is 5.95 Å². The summed E-state index contributed by atoms with van der Waals surface area (Å²) in [7, 11) is 0. The van der Waals surface area contributed by atoms with Gasteiger partial charge in [0.2, 0.25) is 5.95 Å². The van der Waals surface area contributed by atoms with E-state index in [2.05, 4.69) is 37.5 Å². The van der Waals surface area contributed by atoms with Gasteiger partial charge in [0.15, 0.2) is 0 Å². The molecule has 0 radical (unpaired) electrons.